The highest BCUT2D eigenvalue weighted by Crippen LogP contribution is 2.33. The zero-order valence-electron chi connectivity index (χ0n) is 13.5. The molecule has 1 aromatic rings. The molecule has 0 aliphatic carbocycles. The van der Waals surface area contributed by atoms with Gasteiger partial charge in [-0.2, -0.15) is 5.06 Å². The summed E-state index contributed by atoms with van der Waals surface area (Å²) in [5.41, 5.74) is 0.451. The first-order chi connectivity index (χ1) is 9.91. The van der Waals surface area contributed by atoms with Crippen LogP contribution in [0.5, 0.6) is 0 Å². The minimum Gasteiger partial charge on any atom is -0.390 e. The van der Waals surface area contributed by atoms with Crippen molar-refractivity contribution in [1.82, 2.24) is 5.06 Å². The fourth-order valence-corrected chi connectivity index (χ4v) is 2.71. The van der Waals surface area contributed by atoms with Gasteiger partial charge in [0.2, 0.25) is 0 Å². The molecule has 4 nitrogen and oxygen atoms in total. The molecular weight excluding hydrogens is 266 g/mol. The van der Waals surface area contributed by atoms with Crippen LogP contribution in [0.4, 0.5) is 0 Å². The lowest BCUT2D eigenvalue weighted by atomic mass is 9.84. The van der Waals surface area contributed by atoms with Crippen molar-refractivity contribution in [3.05, 3.63) is 35.9 Å². The summed E-state index contributed by atoms with van der Waals surface area (Å²) in [7, 11) is 0. The predicted octanol–water partition coefficient (Wildman–Crippen LogP) is 2.96. The van der Waals surface area contributed by atoms with Crippen molar-refractivity contribution in [3.63, 3.8) is 0 Å². The van der Waals surface area contributed by atoms with E-state index < -0.39 is 5.60 Å². The second kappa shape index (κ2) is 6.88. The second-order valence-electron chi connectivity index (χ2n) is 6.30. The molecular formula is C17H27NO3. The minimum atomic E-state index is -0.746. The van der Waals surface area contributed by atoms with Crippen LogP contribution in [0.25, 0.3) is 0 Å². The van der Waals surface area contributed by atoms with Gasteiger partial charge in [0, 0.05) is 31.5 Å². The van der Waals surface area contributed by atoms with Crippen LogP contribution in [0.2, 0.25) is 0 Å². The number of aliphatic hydroxyl groups is 1. The topological polar surface area (TPSA) is 41.9 Å². The number of benzene rings is 1. The van der Waals surface area contributed by atoms with Crippen LogP contribution in [-0.2, 0) is 16.1 Å². The van der Waals surface area contributed by atoms with Gasteiger partial charge in [0.1, 0.15) is 0 Å². The molecule has 0 saturated carbocycles. The molecule has 3 atom stereocenters. The Bertz CT molecular complexity index is 429. The van der Waals surface area contributed by atoms with Crippen molar-refractivity contribution in [2.45, 2.75) is 58.6 Å². The molecule has 0 aromatic heterocycles. The largest absolute Gasteiger partial charge is 0.390 e. The van der Waals surface area contributed by atoms with E-state index in [1.54, 1.807) is 0 Å². The summed E-state index contributed by atoms with van der Waals surface area (Å²) >= 11 is 0. The van der Waals surface area contributed by atoms with Gasteiger partial charge in [-0.05, 0) is 26.3 Å². The van der Waals surface area contributed by atoms with Gasteiger partial charge in [-0.1, -0.05) is 37.3 Å². The Morgan fingerprint density at radius 3 is 2.62 bits per heavy atom. The molecule has 4 heteroatoms. The van der Waals surface area contributed by atoms with Crippen molar-refractivity contribution >= 4 is 0 Å². The first kappa shape index (κ1) is 16.4. The minimum absolute atomic E-state index is 0.0895. The standard InChI is InChI=1S/C17H27NO3/c1-5-20-16-11-15(13(2)17(3,4)19)18(21-16)12-14-9-7-6-8-10-14/h6-10,13,15-16,19H,5,11-12H2,1-4H3/t13-,15+,16?/m0/s1. The van der Waals surface area contributed by atoms with Crippen molar-refractivity contribution < 1.29 is 14.7 Å². The Morgan fingerprint density at radius 1 is 1.38 bits per heavy atom. The molecule has 1 heterocycles. The van der Waals surface area contributed by atoms with Crippen molar-refractivity contribution in [2.75, 3.05) is 6.61 Å². The SMILES string of the molecule is CCOC1C[C@H]([C@H](C)C(C)(C)O)N(Cc2ccccc2)O1. The van der Waals surface area contributed by atoms with E-state index in [1.165, 1.54) is 5.56 Å². The molecule has 0 spiro atoms. The van der Waals surface area contributed by atoms with E-state index in [-0.39, 0.29) is 18.2 Å². The molecule has 2 rings (SSSR count). The van der Waals surface area contributed by atoms with Crippen LogP contribution in [-0.4, -0.2) is 34.7 Å². The maximum absolute atomic E-state index is 10.3. The number of hydrogen-bond donors (Lipinski definition) is 1. The van der Waals surface area contributed by atoms with E-state index in [0.717, 1.165) is 6.42 Å². The Hall–Kier alpha value is -0.940. The molecule has 0 amide bonds. The van der Waals surface area contributed by atoms with Gasteiger partial charge in [-0.15, -0.1) is 0 Å². The second-order valence-corrected chi connectivity index (χ2v) is 6.30. The van der Waals surface area contributed by atoms with E-state index >= 15 is 0 Å². The van der Waals surface area contributed by atoms with Crippen molar-refractivity contribution in [3.8, 4) is 0 Å². The molecule has 1 aromatic carbocycles. The summed E-state index contributed by atoms with van der Waals surface area (Å²) in [5.74, 6) is 0.0895. The van der Waals surface area contributed by atoms with Crippen LogP contribution in [0, 0.1) is 5.92 Å². The van der Waals surface area contributed by atoms with Gasteiger partial charge in [0.05, 0.1) is 5.60 Å². The van der Waals surface area contributed by atoms with Crippen molar-refractivity contribution in [1.29, 1.82) is 0 Å². The van der Waals surface area contributed by atoms with Crippen LogP contribution in [0.3, 0.4) is 0 Å². The molecule has 0 bridgehead atoms. The van der Waals surface area contributed by atoms with E-state index in [4.69, 9.17) is 9.57 Å². The zero-order chi connectivity index (χ0) is 15.5. The Labute approximate surface area is 127 Å². The lowest BCUT2D eigenvalue weighted by Gasteiger charge is -2.34. The maximum Gasteiger partial charge on any atom is 0.179 e. The third-order valence-corrected chi connectivity index (χ3v) is 4.28. The number of hydrogen-bond acceptors (Lipinski definition) is 4. The zero-order valence-corrected chi connectivity index (χ0v) is 13.5. The van der Waals surface area contributed by atoms with Crippen LogP contribution >= 0.6 is 0 Å². The number of ether oxygens (including phenoxy) is 1. The third kappa shape index (κ3) is 4.27. The monoisotopic (exact) mass is 293 g/mol. The third-order valence-electron chi connectivity index (χ3n) is 4.28. The van der Waals surface area contributed by atoms with Gasteiger partial charge >= 0.3 is 0 Å². The number of nitrogens with zero attached hydrogens (tertiary/aromatic N) is 1. The molecule has 118 valence electrons. The van der Waals surface area contributed by atoms with Crippen molar-refractivity contribution in [2.24, 2.45) is 5.92 Å². The Morgan fingerprint density at radius 2 is 2.05 bits per heavy atom. The molecule has 1 N–H and O–H groups in total. The van der Waals surface area contributed by atoms with E-state index in [9.17, 15) is 5.11 Å². The Balaban J connectivity index is 2.11. The number of hydroxylamine groups is 2. The molecule has 21 heavy (non-hydrogen) atoms. The van der Waals surface area contributed by atoms with Gasteiger partial charge in [0.15, 0.2) is 6.29 Å². The van der Waals surface area contributed by atoms with Gasteiger partial charge in [0.25, 0.3) is 0 Å². The molecule has 1 aliphatic heterocycles. The molecule has 0 radical (unpaired) electrons. The molecule has 1 aliphatic rings. The highest BCUT2D eigenvalue weighted by molar-refractivity contribution is 5.14. The smallest absolute Gasteiger partial charge is 0.179 e. The molecule has 1 fully saturated rings. The summed E-state index contributed by atoms with van der Waals surface area (Å²) in [6.07, 6.45) is 0.569. The fraction of sp³-hybridized carbons (Fsp3) is 0.647. The van der Waals surface area contributed by atoms with E-state index in [0.29, 0.717) is 13.2 Å². The highest BCUT2D eigenvalue weighted by atomic mass is 16.8. The first-order valence-electron chi connectivity index (χ1n) is 7.73. The van der Waals surface area contributed by atoms with Crippen LogP contribution < -0.4 is 0 Å². The predicted molar refractivity (Wildman–Crippen MR) is 82.4 cm³/mol. The summed E-state index contributed by atoms with van der Waals surface area (Å²) in [5, 5.41) is 12.3. The lowest BCUT2D eigenvalue weighted by Crippen LogP contribution is -2.43. The fourth-order valence-electron chi connectivity index (χ4n) is 2.71. The summed E-state index contributed by atoms with van der Waals surface area (Å²) < 4.78 is 5.62. The average molecular weight is 293 g/mol. The summed E-state index contributed by atoms with van der Waals surface area (Å²) in [6.45, 7) is 9.08. The van der Waals surface area contributed by atoms with Crippen LogP contribution in [0.1, 0.15) is 39.7 Å². The van der Waals surface area contributed by atoms with E-state index in [1.807, 2.05) is 44.0 Å². The summed E-state index contributed by atoms with van der Waals surface area (Å²) in [6, 6.07) is 10.4. The van der Waals surface area contributed by atoms with Gasteiger partial charge in [-0.25, -0.2) is 0 Å². The van der Waals surface area contributed by atoms with Gasteiger partial charge < -0.3 is 9.84 Å². The quantitative estimate of drug-likeness (QED) is 0.875. The lowest BCUT2D eigenvalue weighted by molar-refractivity contribution is -0.249. The van der Waals surface area contributed by atoms with E-state index in [2.05, 4.69) is 19.1 Å². The highest BCUT2D eigenvalue weighted by Gasteiger charge is 2.42. The molecule has 1 unspecified atom stereocenters. The normalized spacial score (nSPS) is 25.2. The van der Waals surface area contributed by atoms with Crippen LogP contribution in [0.15, 0.2) is 30.3 Å². The maximum atomic E-state index is 10.3. The Kier molecular flexibility index (Phi) is 5.38. The molecule has 1 saturated heterocycles. The summed E-state index contributed by atoms with van der Waals surface area (Å²) in [4.78, 5) is 5.93. The first-order valence-corrected chi connectivity index (χ1v) is 7.73. The average Bonchev–Trinajstić information content (AvgIpc) is 2.81. The van der Waals surface area contributed by atoms with Gasteiger partial charge in [-0.3, -0.25) is 4.84 Å². The number of rotatable bonds is 6.